The van der Waals surface area contributed by atoms with Gasteiger partial charge in [-0.3, -0.25) is 0 Å². The molecular weight excluding hydrogens is 320 g/mol. The number of thiocarbonyl (C=S) groups is 1. The molecule has 0 saturated heterocycles. The van der Waals surface area contributed by atoms with Gasteiger partial charge in [-0.2, -0.15) is 0 Å². The van der Waals surface area contributed by atoms with E-state index in [9.17, 15) is 8.42 Å². The van der Waals surface area contributed by atoms with Gasteiger partial charge in [-0.1, -0.05) is 29.9 Å². The minimum absolute atomic E-state index is 0.0483. The van der Waals surface area contributed by atoms with E-state index >= 15 is 0 Å². The van der Waals surface area contributed by atoms with Gasteiger partial charge in [0.1, 0.15) is 9.88 Å². The van der Waals surface area contributed by atoms with Crippen LogP contribution >= 0.6 is 23.8 Å². The van der Waals surface area contributed by atoms with Gasteiger partial charge in [0.2, 0.25) is 10.0 Å². The normalized spacial score (nSPS) is 13.2. The molecule has 0 aliphatic heterocycles. The average molecular weight is 337 g/mol. The first kappa shape index (κ1) is 17.3. The summed E-state index contributed by atoms with van der Waals surface area (Å²) < 4.78 is 32.2. The number of rotatable bonds is 7. The molecular formula is C12H17ClN2O3S2. The third kappa shape index (κ3) is 4.68. The topological polar surface area (TPSA) is 81.4 Å². The first-order valence-electron chi connectivity index (χ1n) is 5.97. The maximum absolute atomic E-state index is 12.3. The average Bonchev–Trinajstić information content (AvgIpc) is 2.35. The van der Waals surface area contributed by atoms with E-state index in [1.807, 2.05) is 6.92 Å². The van der Waals surface area contributed by atoms with Crippen LogP contribution in [0.2, 0.25) is 5.02 Å². The van der Waals surface area contributed by atoms with Crippen molar-refractivity contribution < 1.29 is 13.2 Å². The van der Waals surface area contributed by atoms with Crippen LogP contribution in [0.4, 0.5) is 0 Å². The summed E-state index contributed by atoms with van der Waals surface area (Å²) in [4.78, 5) is 0.0632. The van der Waals surface area contributed by atoms with E-state index in [1.165, 1.54) is 12.1 Å². The Morgan fingerprint density at radius 1 is 1.55 bits per heavy atom. The van der Waals surface area contributed by atoms with Crippen LogP contribution < -0.4 is 10.5 Å². The van der Waals surface area contributed by atoms with Crippen LogP contribution in [0.3, 0.4) is 0 Å². The van der Waals surface area contributed by atoms with Crippen molar-refractivity contribution in [3.05, 3.63) is 28.8 Å². The van der Waals surface area contributed by atoms with Gasteiger partial charge in [-0.25, -0.2) is 13.1 Å². The molecule has 0 aromatic heterocycles. The first-order valence-corrected chi connectivity index (χ1v) is 8.24. The van der Waals surface area contributed by atoms with Crippen molar-refractivity contribution in [2.45, 2.75) is 24.8 Å². The van der Waals surface area contributed by atoms with Crippen molar-refractivity contribution in [2.75, 3.05) is 13.2 Å². The van der Waals surface area contributed by atoms with E-state index in [2.05, 4.69) is 4.72 Å². The summed E-state index contributed by atoms with van der Waals surface area (Å²) in [6, 6.07) is 4.02. The molecule has 5 nitrogen and oxygen atoms in total. The van der Waals surface area contributed by atoms with Gasteiger partial charge in [0.15, 0.2) is 0 Å². The largest absolute Gasteiger partial charge is 0.389 e. The summed E-state index contributed by atoms with van der Waals surface area (Å²) in [5.41, 5.74) is 5.94. The summed E-state index contributed by atoms with van der Waals surface area (Å²) in [5, 5.41) is 0.112. The number of nitrogens with one attached hydrogen (secondary N) is 1. The lowest BCUT2D eigenvalue weighted by atomic mass is 10.2. The van der Waals surface area contributed by atoms with E-state index in [0.29, 0.717) is 12.2 Å². The minimum Gasteiger partial charge on any atom is -0.389 e. The molecule has 20 heavy (non-hydrogen) atoms. The number of nitrogens with two attached hydrogens (primary N) is 1. The Morgan fingerprint density at radius 3 is 2.75 bits per heavy atom. The van der Waals surface area contributed by atoms with Gasteiger partial charge < -0.3 is 10.5 Å². The predicted molar refractivity (Wildman–Crippen MR) is 83.6 cm³/mol. The highest BCUT2D eigenvalue weighted by atomic mass is 35.5. The molecule has 1 rings (SSSR count). The third-order valence-corrected chi connectivity index (χ3v) is 4.74. The molecule has 0 amide bonds. The van der Waals surface area contributed by atoms with Crippen LogP contribution in [0, 0.1) is 0 Å². The maximum atomic E-state index is 12.3. The van der Waals surface area contributed by atoms with Gasteiger partial charge in [0, 0.05) is 18.2 Å². The first-order chi connectivity index (χ1) is 9.27. The zero-order valence-electron chi connectivity index (χ0n) is 11.2. The number of benzene rings is 1. The zero-order chi connectivity index (χ0) is 15.3. The minimum atomic E-state index is -3.75. The molecule has 0 bridgehead atoms. The predicted octanol–water partition coefficient (Wildman–Crippen LogP) is 1.68. The number of ether oxygens (including phenoxy) is 1. The smallest absolute Gasteiger partial charge is 0.242 e. The SMILES string of the molecule is CCOCC(C)NS(=O)(=O)c1cc(C(N)=S)ccc1Cl. The van der Waals surface area contributed by atoms with Crippen molar-refractivity contribution in [3.8, 4) is 0 Å². The Balaban J connectivity index is 3.03. The van der Waals surface area contributed by atoms with Gasteiger partial charge in [0.05, 0.1) is 11.6 Å². The summed E-state index contributed by atoms with van der Waals surface area (Å²) in [5.74, 6) is 0. The number of halogens is 1. The number of hydrogen-bond donors (Lipinski definition) is 2. The van der Waals surface area contributed by atoms with Crippen molar-refractivity contribution in [1.82, 2.24) is 4.72 Å². The maximum Gasteiger partial charge on any atom is 0.242 e. The van der Waals surface area contributed by atoms with E-state index in [-0.39, 0.29) is 27.6 Å². The Hall–Kier alpha value is -0.730. The van der Waals surface area contributed by atoms with Gasteiger partial charge in [-0.05, 0) is 26.0 Å². The second-order valence-corrected chi connectivity index (χ2v) is 6.72. The second kappa shape index (κ2) is 7.33. The van der Waals surface area contributed by atoms with Crippen LogP contribution in [0.5, 0.6) is 0 Å². The van der Waals surface area contributed by atoms with E-state index in [1.54, 1.807) is 13.0 Å². The standard InChI is InChI=1S/C12H17ClN2O3S2/c1-3-18-7-8(2)15-20(16,17)11-6-9(12(14)19)4-5-10(11)13/h4-6,8,15H,3,7H2,1-2H3,(H2,14,19). The molecule has 1 atom stereocenters. The number of sulfonamides is 1. The van der Waals surface area contributed by atoms with Crippen molar-refractivity contribution in [2.24, 2.45) is 5.73 Å². The van der Waals surface area contributed by atoms with Crippen LogP contribution in [0.1, 0.15) is 19.4 Å². The van der Waals surface area contributed by atoms with Crippen LogP contribution in [0.15, 0.2) is 23.1 Å². The zero-order valence-corrected chi connectivity index (χ0v) is 13.6. The molecule has 0 heterocycles. The molecule has 0 fully saturated rings. The molecule has 0 radical (unpaired) electrons. The molecule has 0 saturated carbocycles. The van der Waals surface area contributed by atoms with Gasteiger partial charge in [-0.15, -0.1) is 0 Å². The highest BCUT2D eigenvalue weighted by Crippen LogP contribution is 2.22. The van der Waals surface area contributed by atoms with Gasteiger partial charge in [0.25, 0.3) is 0 Å². The molecule has 1 aromatic carbocycles. The Kier molecular flexibility index (Phi) is 6.35. The highest BCUT2D eigenvalue weighted by molar-refractivity contribution is 7.89. The summed E-state index contributed by atoms with van der Waals surface area (Å²) in [7, 11) is -3.75. The lowest BCUT2D eigenvalue weighted by molar-refractivity contribution is 0.133. The molecule has 8 heteroatoms. The fraction of sp³-hybridized carbons (Fsp3) is 0.417. The molecule has 0 spiro atoms. The quantitative estimate of drug-likeness (QED) is 0.740. The number of hydrogen-bond acceptors (Lipinski definition) is 4. The van der Waals surface area contributed by atoms with Crippen molar-refractivity contribution in [1.29, 1.82) is 0 Å². The monoisotopic (exact) mass is 336 g/mol. The van der Waals surface area contributed by atoms with Crippen molar-refractivity contribution in [3.63, 3.8) is 0 Å². The lowest BCUT2D eigenvalue weighted by Crippen LogP contribution is -2.36. The van der Waals surface area contributed by atoms with E-state index in [0.717, 1.165) is 0 Å². The molecule has 3 N–H and O–H groups in total. The summed E-state index contributed by atoms with van der Waals surface area (Å²) in [6.07, 6.45) is 0. The fourth-order valence-corrected chi connectivity index (χ4v) is 3.40. The Morgan fingerprint density at radius 2 is 2.20 bits per heavy atom. The Labute approximate surface area is 129 Å². The van der Waals surface area contributed by atoms with Crippen molar-refractivity contribution >= 4 is 38.8 Å². The molecule has 0 aliphatic carbocycles. The van der Waals surface area contributed by atoms with Crippen LogP contribution in [0.25, 0.3) is 0 Å². The molecule has 1 unspecified atom stereocenters. The summed E-state index contributed by atoms with van der Waals surface area (Å²) >= 11 is 10.8. The summed E-state index contributed by atoms with van der Waals surface area (Å²) in [6.45, 7) is 4.34. The Bertz CT molecular complexity index is 590. The van der Waals surface area contributed by atoms with E-state index < -0.39 is 10.0 Å². The fourth-order valence-electron chi connectivity index (χ4n) is 1.52. The molecule has 112 valence electrons. The van der Waals surface area contributed by atoms with Crippen LogP contribution in [-0.4, -0.2) is 32.7 Å². The highest BCUT2D eigenvalue weighted by Gasteiger charge is 2.21. The second-order valence-electron chi connectivity index (χ2n) is 4.19. The van der Waals surface area contributed by atoms with Crippen LogP contribution in [-0.2, 0) is 14.8 Å². The van der Waals surface area contributed by atoms with Gasteiger partial charge >= 0.3 is 0 Å². The third-order valence-electron chi connectivity index (χ3n) is 2.43. The van der Waals surface area contributed by atoms with E-state index in [4.69, 9.17) is 34.3 Å². The molecule has 1 aromatic rings. The lowest BCUT2D eigenvalue weighted by Gasteiger charge is -2.15. The molecule has 0 aliphatic rings.